The zero-order chi connectivity index (χ0) is 16.8. The van der Waals surface area contributed by atoms with Gasteiger partial charge in [-0.25, -0.2) is 9.59 Å². The summed E-state index contributed by atoms with van der Waals surface area (Å²) in [6.07, 6.45) is 0. The lowest BCUT2D eigenvalue weighted by Gasteiger charge is -2.07. The lowest BCUT2D eigenvalue weighted by Crippen LogP contribution is -2.12. The van der Waals surface area contributed by atoms with Crippen molar-refractivity contribution in [1.82, 2.24) is 0 Å². The Bertz CT molecular complexity index is 1120. The fourth-order valence-electron chi connectivity index (χ4n) is 2.89. The quantitative estimate of drug-likeness (QED) is 0.482. The van der Waals surface area contributed by atoms with E-state index in [9.17, 15) is 9.59 Å². The maximum Gasteiger partial charge on any atom is 0.339 e. The van der Waals surface area contributed by atoms with Gasteiger partial charge in [-0.05, 0) is 18.2 Å². The lowest BCUT2D eigenvalue weighted by molar-refractivity contribution is 0.0557. The van der Waals surface area contributed by atoms with Crippen LogP contribution in [0.15, 0.2) is 36.4 Å². The minimum atomic E-state index is -0.544. The first kappa shape index (κ1) is 15.1. The van der Waals surface area contributed by atoms with E-state index in [-0.39, 0.29) is 11.1 Å². The van der Waals surface area contributed by atoms with Gasteiger partial charge in [0.05, 0.1) is 34.7 Å². The van der Waals surface area contributed by atoms with Crippen LogP contribution in [0.5, 0.6) is 0 Å². The number of thiophene rings is 2. The normalized spacial score (nSPS) is 11.2. The van der Waals surface area contributed by atoms with Crippen LogP contribution in [0.4, 0.5) is 0 Å². The van der Waals surface area contributed by atoms with Gasteiger partial charge in [0, 0.05) is 20.2 Å². The van der Waals surface area contributed by atoms with Gasteiger partial charge in [-0.2, -0.15) is 0 Å². The number of carbonyl (C=O) groups excluding carboxylic acids is 2. The van der Waals surface area contributed by atoms with Crippen LogP contribution in [0, 0.1) is 0 Å². The molecule has 0 unspecified atom stereocenters. The first-order valence-electron chi connectivity index (χ1n) is 7.19. The van der Waals surface area contributed by atoms with Crippen LogP contribution < -0.4 is 0 Å². The Morgan fingerprint density at radius 1 is 0.833 bits per heavy atom. The number of benzene rings is 2. The second-order valence-electron chi connectivity index (χ2n) is 5.20. The van der Waals surface area contributed by atoms with Crippen molar-refractivity contribution < 1.29 is 19.1 Å². The van der Waals surface area contributed by atoms with E-state index in [1.54, 1.807) is 28.7 Å². The Morgan fingerprint density at radius 3 is 2.29 bits per heavy atom. The second kappa shape index (κ2) is 5.58. The van der Waals surface area contributed by atoms with Crippen LogP contribution >= 0.6 is 22.7 Å². The van der Waals surface area contributed by atoms with Gasteiger partial charge >= 0.3 is 11.9 Å². The van der Waals surface area contributed by atoms with Crippen LogP contribution in [0.2, 0.25) is 0 Å². The molecule has 120 valence electrons. The number of ether oxygens (including phenoxy) is 2. The molecule has 2 aromatic carbocycles. The van der Waals surface area contributed by atoms with Crippen molar-refractivity contribution in [2.45, 2.75) is 0 Å². The highest BCUT2D eigenvalue weighted by Crippen LogP contribution is 2.45. The fraction of sp³-hybridized carbons (Fsp3) is 0.111. The number of carbonyl (C=O) groups is 2. The molecule has 0 aliphatic heterocycles. The Morgan fingerprint density at radius 2 is 1.54 bits per heavy atom. The Labute approximate surface area is 145 Å². The summed E-state index contributed by atoms with van der Waals surface area (Å²) in [5.41, 5.74) is 0.508. The molecule has 24 heavy (non-hydrogen) atoms. The number of methoxy groups -OCH3 is 2. The zero-order valence-electron chi connectivity index (χ0n) is 12.9. The Kier molecular flexibility index (Phi) is 3.51. The smallest absolute Gasteiger partial charge is 0.339 e. The molecule has 4 nitrogen and oxygen atoms in total. The standard InChI is InChI=1S/C18H12O4S2/c1-21-17(19)10-7-8-12-14(13(10)18(20)22-2)16-15(24-12)9-5-3-4-6-11(9)23-16/h3-8H,1-2H3. The van der Waals surface area contributed by atoms with Crippen LogP contribution in [0.25, 0.3) is 29.6 Å². The summed E-state index contributed by atoms with van der Waals surface area (Å²) in [4.78, 5) is 24.5. The summed E-state index contributed by atoms with van der Waals surface area (Å²) in [6.45, 7) is 0. The monoisotopic (exact) mass is 356 g/mol. The van der Waals surface area contributed by atoms with Gasteiger partial charge in [-0.15, -0.1) is 22.7 Å². The van der Waals surface area contributed by atoms with E-state index >= 15 is 0 Å². The van der Waals surface area contributed by atoms with Gasteiger partial charge in [0.2, 0.25) is 0 Å². The highest BCUT2D eigenvalue weighted by Gasteiger charge is 2.25. The Balaban J connectivity index is 2.19. The van der Waals surface area contributed by atoms with Crippen LogP contribution in [0.3, 0.4) is 0 Å². The van der Waals surface area contributed by atoms with E-state index in [1.165, 1.54) is 14.2 Å². The topological polar surface area (TPSA) is 52.6 Å². The third-order valence-corrected chi connectivity index (χ3v) is 6.46. The van der Waals surface area contributed by atoms with E-state index in [0.29, 0.717) is 0 Å². The second-order valence-corrected chi connectivity index (χ2v) is 7.31. The van der Waals surface area contributed by atoms with Gasteiger partial charge in [-0.1, -0.05) is 18.2 Å². The largest absolute Gasteiger partial charge is 0.465 e. The molecule has 0 fully saturated rings. The summed E-state index contributed by atoms with van der Waals surface area (Å²) in [5.74, 6) is -1.07. The van der Waals surface area contributed by atoms with Crippen molar-refractivity contribution >= 4 is 64.2 Å². The summed E-state index contributed by atoms with van der Waals surface area (Å²) < 4.78 is 14.0. The minimum absolute atomic E-state index is 0.231. The van der Waals surface area contributed by atoms with Gasteiger partial charge in [0.25, 0.3) is 0 Å². The Hall–Kier alpha value is -2.44. The van der Waals surface area contributed by atoms with Crippen LogP contribution in [-0.2, 0) is 9.47 Å². The average molecular weight is 356 g/mol. The number of hydrogen-bond donors (Lipinski definition) is 0. The number of rotatable bonds is 2. The van der Waals surface area contributed by atoms with Gasteiger partial charge < -0.3 is 9.47 Å². The highest BCUT2D eigenvalue weighted by molar-refractivity contribution is 7.36. The molecule has 0 aliphatic rings. The van der Waals surface area contributed by atoms with E-state index in [4.69, 9.17) is 9.47 Å². The molecule has 4 rings (SSSR count). The van der Waals surface area contributed by atoms with E-state index in [2.05, 4.69) is 12.1 Å². The van der Waals surface area contributed by atoms with Crippen molar-refractivity contribution in [2.75, 3.05) is 14.2 Å². The molecule has 0 saturated carbocycles. The maximum atomic E-state index is 12.4. The van der Waals surface area contributed by atoms with Crippen molar-refractivity contribution in [3.8, 4) is 0 Å². The molecular weight excluding hydrogens is 344 g/mol. The summed E-state index contributed by atoms with van der Waals surface area (Å²) in [6, 6.07) is 11.6. The predicted molar refractivity (Wildman–Crippen MR) is 97.4 cm³/mol. The fourth-order valence-corrected chi connectivity index (χ4v) is 5.57. The molecule has 0 amide bonds. The van der Waals surface area contributed by atoms with Crippen molar-refractivity contribution in [2.24, 2.45) is 0 Å². The van der Waals surface area contributed by atoms with Gasteiger partial charge in [0.15, 0.2) is 0 Å². The molecule has 0 aliphatic carbocycles. The number of fused-ring (bicyclic) bond motifs is 5. The molecule has 2 heterocycles. The van der Waals surface area contributed by atoms with E-state index in [1.807, 2.05) is 18.2 Å². The molecule has 0 saturated heterocycles. The molecule has 4 aromatic rings. The number of esters is 2. The number of hydrogen-bond acceptors (Lipinski definition) is 6. The lowest BCUT2D eigenvalue weighted by atomic mass is 10.0. The third kappa shape index (κ3) is 2.03. The predicted octanol–water partition coefficient (Wildman–Crippen LogP) is 4.84. The SMILES string of the molecule is COC(=O)c1ccc2sc3c4ccccc4sc3c2c1C(=O)OC. The molecular formula is C18H12O4S2. The summed E-state index contributed by atoms with van der Waals surface area (Å²) in [7, 11) is 2.62. The zero-order valence-corrected chi connectivity index (χ0v) is 14.5. The molecule has 0 radical (unpaired) electrons. The average Bonchev–Trinajstić information content (AvgIpc) is 3.15. The maximum absolute atomic E-state index is 12.4. The summed E-state index contributed by atoms with van der Waals surface area (Å²) in [5, 5.41) is 1.93. The van der Waals surface area contributed by atoms with E-state index in [0.717, 1.165) is 29.6 Å². The van der Waals surface area contributed by atoms with E-state index < -0.39 is 11.9 Å². The molecule has 0 N–H and O–H groups in total. The van der Waals surface area contributed by atoms with Crippen LogP contribution in [-0.4, -0.2) is 26.2 Å². The third-order valence-electron chi connectivity index (χ3n) is 3.95. The molecule has 0 spiro atoms. The van der Waals surface area contributed by atoms with Crippen molar-refractivity contribution in [3.63, 3.8) is 0 Å². The summed E-state index contributed by atoms with van der Waals surface area (Å²) >= 11 is 3.24. The first-order valence-corrected chi connectivity index (χ1v) is 8.82. The van der Waals surface area contributed by atoms with Crippen molar-refractivity contribution in [1.29, 1.82) is 0 Å². The molecule has 0 atom stereocenters. The van der Waals surface area contributed by atoms with Gasteiger partial charge in [-0.3, -0.25) is 0 Å². The molecule has 0 bridgehead atoms. The molecule has 2 aromatic heterocycles. The minimum Gasteiger partial charge on any atom is -0.465 e. The van der Waals surface area contributed by atoms with Gasteiger partial charge in [0.1, 0.15) is 0 Å². The highest BCUT2D eigenvalue weighted by atomic mass is 32.1. The molecule has 6 heteroatoms. The van der Waals surface area contributed by atoms with Crippen LogP contribution in [0.1, 0.15) is 20.7 Å². The first-order chi connectivity index (χ1) is 11.7. The van der Waals surface area contributed by atoms with Crippen molar-refractivity contribution in [3.05, 3.63) is 47.5 Å².